The lowest BCUT2D eigenvalue weighted by Crippen LogP contribution is -2.32. The van der Waals surface area contributed by atoms with Gasteiger partial charge in [-0.25, -0.2) is 0 Å². The van der Waals surface area contributed by atoms with E-state index in [0.29, 0.717) is 12.8 Å². The molecule has 0 saturated heterocycles. The van der Waals surface area contributed by atoms with E-state index >= 15 is 0 Å². The first-order valence-corrected chi connectivity index (χ1v) is 7.91. The van der Waals surface area contributed by atoms with Crippen LogP contribution in [0.2, 0.25) is 0 Å². The van der Waals surface area contributed by atoms with E-state index in [1.807, 2.05) is 18.7 Å². The summed E-state index contributed by atoms with van der Waals surface area (Å²) >= 11 is 1.72. The number of nitrogens with zero attached hydrogens (tertiary/aromatic N) is 1. The van der Waals surface area contributed by atoms with Crippen molar-refractivity contribution in [3.05, 3.63) is 0 Å². The number of hydrogen-bond acceptors (Lipinski definition) is 5. The molecule has 0 aliphatic carbocycles. The van der Waals surface area contributed by atoms with Gasteiger partial charge in [-0.3, -0.25) is 9.59 Å². The topological polar surface area (TPSA) is 72.6 Å². The van der Waals surface area contributed by atoms with Gasteiger partial charge in [0.15, 0.2) is 0 Å². The number of rotatable bonds is 10. The molecule has 0 aliphatic heterocycles. The number of hydrogen-bond donors (Lipinski definition) is 1. The molecule has 0 spiro atoms. The third-order valence-electron chi connectivity index (χ3n) is 2.87. The van der Waals surface area contributed by atoms with Gasteiger partial charge in [0.2, 0.25) is 5.91 Å². The van der Waals surface area contributed by atoms with Crippen molar-refractivity contribution in [1.29, 1.82) is 0 Å². The molecule has 0 heterocycles. The van der Waals surface area contributed by atoms with Gasteiger partial charge in [-0.05, 0) is 38.2 Å². The Kier molecular flexibility index (Phi) is 10.7. The number of ether oxygens (including phenoxy) is 1. The fraction of sp³-hybridized carbons (Fsp3) is 0.846. The van der Waals surface area contributed by atoms with E-state index < -0.39 is 6.04 Å². The molecule has 0 aliphatic rings. The molecule has 19 heavy (non-hydrogen) atoms. The van der Waals surface area contributed by atoms with Gasteiger partial charge in [0.25, 0.3) is 0 Å². The molecule has 5 nitrogen and oxygen atoms in total. The minimum absolute atomic E-state index is 0.219. The summed E-state index contributed by atoms with van der Waals surface area (Å²) in [7, 11) is 1.34. The van der Waals surface area contributed by atoms with Crippen LogP contribution in [-0.4, -0.2) is 54.5 Å². The summed E-state index contributed by atoms with van der Waals surface area (Å²) in [6.45, 7) is 5.53. The highest BCUT2D eigenvalue weighted by Gasteiger charge is 2.13. The summed E-state index contributed by atoms with van der Waals surface area (Å²) in [5.41, 5.74) is 5.62. The van der Waals surface area contributed by atoms with Crippen LogP contribution in [0.1, 0.15) is 33.1 Å². The zero-order valence-electron chi connectivity index (χ0n) is 12.2. The van der Waals surface area contributed by atoms with Crippen molar-refractivity contribution in [1.82, 2.24) is 4.90 Å². The Labute approximate surface area is 120 Å². The van der Waals surface area contributed by atoms with Gasteiger partial charge < -0.3 is 15.4 Å². The van der Waals surface area contributed by atoms with Crippen LogP contribution in [-0.2, 0) is 14.3 Å². The van der Waals surface area contributed by atoms with Crippen LogP contribution in [0.15, 0.2) is 0 Å². The molecular weight excluding hydrogens is 264 g/mol. The van der Waals surface area contributed by atoms with Crippen molar-refractivity contribution < 1.29 is 14.3 Å². The molecular formula is C13H26N2O3S. The Morgan fingerprint density at radius 2 is 1.89 bits per heavy atom. The third kappa shape index (κ3) is 8.10. The lowest BCUT2D eigenvalue weighted by Gasteiger charge is -2.18. The number of esters is 1. The second-order valence-corrected chi connectivity index (χ2v) is 5.43. The van der Waals surface area contributed by atoms with Crippen LogP contribution in [0.4, 0.5) is 0 Å². The SMILES string of the molecule is CCN(CC)C(=O)CCCSCCC(N)C(=O)OC. The second kappa shape index (κ2) is 11.1. The zero-order chi connectivity index (χ0) is 14.7. The van der Waals surface area contributed by atoms with E-state index in [-0.39, 0.29) is 11.9 Å². The molecule has 0 radical (unpaired) electrons. The van der Waals surface area contributed by atoms with Crippen molar-refractivity contribution >= 4 is 23.6 Å². The Balaban J connectivity index is 3.55. The molecule has 1 unspecified atom stereocenters. The van der Waals surface area contributed by atoms with Crippen LogP contribution in [0, 0.1) is 0 Å². The molecule has 0 bridgehead atoms. The highest BCUT2D eigenvalue weighted by atomic mass is 32.2. The van der Waals surface area contributed by atoms with Crippen LogP contribution >= 0.6 is 11.8 Å². The molecule has 0 aromatic carbocycles. The first-order valence-electron chi connectivity index (χ1n) is 6.75. The van der Waals surface area contributed by atoms with Crippen molar-refractivity contribution in [3.63, 3.8) is 0 Å². The monoisotopic (exact) mass is 290 g/mol. The van der Waals surface area contributed by atoms with Gasteiger partial charge in [-0.15, -0.1) is 0 Å². The van der Waals surface area contributed by atoms with Gasteiger partial charge >= 0.3 is 5.97 Å². The fourth-order valence-corrected chi connectivity index (χ4v) is 2.61. The predicted molar refractivity (Wildman–Crippen MR) is 79.1 cm³/mol. The number of carbonyl (C=O) groups is 2. The minimum Gasteiger partial charge on any atom is -0.468 e. The molecule has 1 atom stereocenters. The first kappa shape index (κ1) is 18.2. The number of methoxy groups -OCH3 is 1. The van der Waals surface area contributed by atoms with E-state index in [0.717, 1.165) is 31.0 Å². The van der Waals surface area contributed by atoms with Crippen LogP contribution in [0.3, 0.4) is 0 Å². The van der Waals surface area contributed by atoms with Gasteiger partial charge in [0.1, 0.15) is 6.04 Å². The molecule has 6 heteroatoms. The number of amides is 1. The summed E-state index contributed by atoms with van der Waals surface area (Å²) in [5, 5.41) is 0. The van der Waals surface area contributed by atoms with Gasteiger partial charge in [0, 0.05) is 19.5 Å². The standard InChI is InChI=1S/C13H26N2O3S/c1-4-15(5-2)12(16)7-6-9-19-10-8-11(14)13(17)18-3/h11H,4-10,14H2,1-3H3. The third-order valence-corrected chi connectivity index (χ3v) is 3.97. The van der Waals surface area contributed by atoms with Gasteiger partial charge in [-0.2, -0.15) is 11.8 Å². The molecule has 112 valence electrons. The van der Waals surface area contributed by atoms with Crippen LogP contribution in [0.5, 0.6) is 0 Å². The molecule has 0 aromatic rings. The van der Waals surface area contributed by atoms with E-state index in [2.05, 4.69) is 4.74 Å². The maximum atomic E-state index is 11.7. The number of nitrogens with two attached hydrogens (primary N) is 1. The Morgan fingerprint density at radius 1 is 1.26 bits per heavy atom. The maximum Gasteiger partial charge on any atom is 0.322 e. The Bertz CT molecular complexity index is 271. The Morgan fingerprint density at radius 3 is 2.42 bits per heavy atom. The molecule has 0 fully saturated rings. The molecule has 2 N–H and O–H groups in total. The highest BCUT2D eigenvalue weighted by Crippen LogP contribution is 2.09. The summed E-state index contributed by atoms with van der Waals surface area (Å²) in [5.74, 6) is 1.59. The average molecular weight is 290 g/mol. The van der Waals surface area contributed by atoms with E-state index in [9.17, 15) is 9.59 Å². The fourth-order valence-electron chi connectivity index (χ4n) is 1.64. The molecule has 0 rings (SSSR count). The molecule has 1 amide bonds. The van der Waals surface area contributed by atoms with E-state index in [4.69, 9.17) is 5.73 Å². The minimum atomic E-state index is -0.533. The van der Waals surface area contributed by atoms with Crippen LogP contribution in [0.25, 0.3) is 0 Å². The number of thioether (sulfide) groups is 1. The Hall–Kier alpha value is -0.750. The summed E-state index contributed by atoms with van der Waals surface area (Å²) in [6, 6.07) is -0.533. The first-order chi connectivity index (χ1) is 9.06. The number of carbonyl (C=O) groups excluding carboxylic acids is 2. The van der Waals surface area contributed by atoms with Crippen molar-refractivity contribution in [2.75, 3.05) is 31.7 Å². The van der Waals surface area contributed by atoms with Gasteiger partial charge in [0.05, 0.1) is 7.11 Å². The molecule has 0 saturated carbocycles. The lowest BCUT2D eigenvalue weighted by molar-refractivity contribution is -0.142. The predicted octanol–water partition coefficient (Wildman–Crippen LogP) is 1.26. The van der Waals surface area contributed by atoms with Crippen molar-refractivity contribution in [3.8, 4) is 0 Å². The second-order valence-electron chi connectivity index (χ2n) is 4.20. The van der Waals surface area contributed by atoms with E-state index in [1.54, 1.807) is 11.8 Å². The quantitative estimate of drug-likeness (QED) is 0.484. The smallest absolute Gasteiger partial charge is 0.322 e. The lowest BCUT2D eigenvalue weighted by atomic mass is 10.2. The van der Waals surface area contributed by atoms with E-state index in [1.165, 1.54) is 7.11 Å². The van der Waals surface area contributed by atoms with Crippen LogP contribution < -0.4 is 5.73 Å². The van der Waals surface area contributed by atoms with Crippen molar-refractivity contribution in [2.24, 2.45) is 5.73 Å². The zero-order valence-corrected chi connectivity index (χ0v) is 13.0. The highest BCUT2D eigenvalue weighted by molar-refractivity contribution is 7.99. The van der Waals surface area contributed by atoms with Crippen molar-refractivity contribution in [2.45, 2.75) is 39.2 Å². The maximum absolute atomic E-state index is 11.7. The molecule has 0 aromatic heterocycles. The normalized spacial score (nSPS) is 12.0. The largest absolute Gasteiger partial charge is 0.468 e. The summed E-state index contributed by atoms with van der Waals surface area (Å²) < 4.78 is 4.55. The summed E-state index contributed by atoms with van der Waals surface area (Å²) in [6.07, 6.45) is 2.08. The average Bonchev–Trinajstić information content (AvgIpc) is 2.42. The summed E-state index contributed by atoms with van der Waals surface area (Å²) in [4.78, 5) is 24.6. The van der Waals surface area contributed by atoms with Gasteiger partial charge in [-0.1, -0.05) is 0 Å².